The van der Waals surface area contributed by atoms with Crippen molar-refractivity contribution in [3.05, 3.63) is 47.8 Å². The lowest BCUT2D eigenvalue weighted by atomic mass is 10.0. The second kappa shape index (κ2) is 7.60. The maximum Gasteiger partial charge on any atom is 0.268 e. The van der Waals surface area contributed by atoms with E-state index in [9.17, 15) is 13.2 Å². The summed E-state index contributed by atoms with van der Waals surface area (Å²) in [7, 11) is -1.87. The predicted octanol–water partition coefficient (Wildman–Crippen LogP) is 2.45. The third-order valence-corrected chi connectivity index (χ3v) is 7.29. The molecule has 0 spiro atoms. The van der Waals surface area contributed by atoms with Crippen LogP contribution in [0.25, 0.3) is 0 Å². The van der Waals surface area contributed by atoms with Crippen molar-refractivity contribution in [1.82, 2.24) is 14.2 Å². The molecule has 1 atom stereocenters. The second-order valence-electron chi connectivity index (χ2n) is 7.34. The molecule has 150 valence electrons. The van der Waals surface area contributed by atoms with Gasteiger partial charge in [-0.1, -0.05) is 24.6 Å². The lowest BCUT2D eigenvalue weighted by Crippen LogP contribution is -2.35. The Bertz CT molecular complexity index is 977. The molecule has 1 fully saturated rings. The van der Waals surface area contributed by atoms with Gasteiger partial charge >= 0.3 is 0 Å². The molecule has 8 heteroatoms. The molecule has 4 rings (SSSR count). The van der Waals surface area contributed by atoms with Gasteiger partial charge in [-0.25, -0.2) is 8.42 Å². The van der Waals surface area contributed by atoms with Crippen LogP contribution in [0.2, 0.25) is 0 Å². The smallest absolute Gasteiger partial charge is 0.268 e. The Hall–Kier alpha value is -2.32. The van der Waals surface area contributed by atoms with Crippen LogP contribution in [0.1, 0.15) is 47.8 Å². The number of amides is 1. The van der Waals surface area contributed by atoms with Gasteiger partial charge in [0.1, 0.15) is 16.3 Å². The molecule has 2 aromatic rings. The topological polar surface area (TPSA) is 80.6 Å². The number of nitrogens with one attached hydrogen (secondary N) is 1. The molecule has 1 aromatic heterocycles. The average Bonchev–Trinajstić information content (AvgIpc) is 3.11. The Morgan fingerprint density at radius 2 is 1.93 bits per heavy atom. The van der Waals surface area contributed by atoms with E-state index < -0.39 is 10.0 Å². The van der Waals surface area contributed by atoms with Crippen molar-refractivity contribution in [3.63, 3.8) is 0 Å². The Labute approximate surface area is 165 Å². The SMILES string of the molecule is Cn1cc(S(=O)(=O)N2CCCCC2)cc1C(=O)NC1CCOc2ccccc21. The van der Waals surface area contributed by atoms with Crippen molar-refractivity contribution in [1.29, 1.82) is 0 Å². The Morgan fingerprint density at radius 3 is 2.71 bits per heavy atom. The largest absolute Gasteiger partial charge is 0.493 e. The van der Waals surface area contributed by atoms with Gasteiger partial charge < -0.3 is 14.6 Å². The number of nitrogens with zero attached hydrogens (tertiary/aromatic N) is 2. The van der Waals surface area contributed by atoms with E-state index in [0.29, 0.717) is 31.8 Å². The van der Waals surface area contributed by atoms with Gasteiger partial charge in [0, 0.05) is 38.3 Å². The molecule has 7 nitrogen and oxygen atoms in total. The lowest BCUT2D eigenvalue weighted by molar-refractivity contribution is 0.0916. The van der Waals surface area contributed by atoms with Gasteiger partial charge in [-0.3, -0.25) is 4.79 Å². The van der Waals surface area contributed by atoms with Crippen LogP contribution in [-0.4, -0.2) is 42.9 Å². The van der Waals surface area contributed by atoms with Crippen molar-refractivity contribution >= 4 is 15.9 Å². The molecular weight excluding hydrogens is 378 g/mol. The fraction of sp³-hybridized carbons (Fsp3) is 0.450. The Kier molecular flexibility index (Phi) is 5.16. The number of sulfonamides is 1. The van der Waals surface area contributed by atoms with Gasteiger partial charge in [0.15, 0.2) is 0 Å². The van der Waals surface area contributed by atoms with Crippen LogP contribution in [0.4, 0.5) is 0 Å². The van der Waals surface area contributed by atoms with Crippen molar-refractivity contribution in [2.24, 2.45) is 7.05 Å². The Morgan fingerprint density at radius 1 is 1.18 bits per heavy atom. The molecule has 0 saturated carbocycles. The summed E-state index contributed by atoms with van der Waals surface area (Å²) in [5.74, 6) is 0.489. The minimum Gasteiger partial charge on any atom is -0.493 e. The molecule has 1 amide bonds. The van der Waals surface area contributed by atoms with Gasteiger partial charge in [0.05, 0.1) is 12.6 Å². The first kappa shape index (κ1) is 19.0. The summed E-state index contributed by atoms with van der Waals surface area (Å²) >= 11 is 0. The van der Waals surface area contributed by atoms with Crippen molar-refractivity contribution in [2.45, 2.75) is 36.6 Å². The summed E-state index contributed by atoms with van der Waals surface area (Å²) in [5, 5.41) is 3.03. The van der Waals surface area contributed by atoms with E-state index >= 15 is 0 Å². The number of aryl methyl sites for hydroxylation is 1. The van der Waals surface area contributed by atoms with Gasteiger partial charge in [0.2, 0.25) is 10.0 Å². The third-order valence-electron chi connectivity index (χ3n) is 5.43. The molecule has 1 aromatic carbocycles. The molecule has 28 heavy (non-hydrogen) atoms. The summed E-state index contributed by atoms with van der Waals surface area (Å²) in [6.45, 7) is 1.61. The highest BCUT2D eigenvalue weighted by molar-refractivity contribution is 7.89. The minimum atomic E-state index is -3.57. The lowest BCUT2D eigenvalue weighted by Gasteiger charge is -2.26. The standard InChI is InChI=1S/C20H25N3O4S/c1-22-14-15(28(25,26)23-10-5-2-6-11-23)13-18(22)20(24)21-17-9-12-27-19-8-4-3-7-16(17)19/h3-4,7-8,13-14,17H,2,5-6,9-12H2,1H3,(H,21,24). The maximum atomic E-state index is 12.9. The number of piperidine rings is 1. The van der Waals surface area contributed by atoms with E-state index in [1.165, 1.54) is 16.6 Å². The Balaban J connectivity index is 1.55. The van der Waals surface area contributed by atoms with E-state index in [1.54, 1.807) is 11.6 Å². The highest BCUT2D eigenvalue weighted by atomic mass is 32.2. The summed E-state index contributed by atoms with van der Waals surface area (Å²) in [5.41, 5.74) is 1.28. The maximum absolute atomic E-state index is 12.9. The average molecular weight is 404 g/mol. The first-order valence-corrected chi connectivity index (χ1v) is 11.1. The number of rotatable bonds is 4. The van der Waals surface area contributed by atoms with E-state index in [2.05, 4.69) is 5.32 Å². The molecule has 3 heterocycles. The molecule has 0 radical (unpaired) electrons. The predicted molar refractivity (Wildman–Crippen MR) is 105 cm³/mol. The first-order chi connectivity index (χ1) is 13.5. The third kappa shape index (κ3) is 3.54. The van der Waals surface area contributed by atoms with Gasteiger partial charge in [-0.2, -0.15) is 4.31 Å². The number of aromatic nitrogens is 1. The molecule has 0 bridgehead atoms. The number of para-hydroxylation sites is 1. The fourth-order valence-electron chi connectivity index (χ4n) is 3.88. The van der Waals surface area contributed by atoms with Crippen LogP contribution in [0, 0.1) is 0 Å². The molecular formula is C20H25N3O4S. The number of carbonyl (C=O) groups excluding carboxylic acids is 1. The van der Waals surface area contributed by atoms with E-state index in [4.69, 9.17) is 4.74 Å². The van der Waals surface area contributed by atoms with Crippen LogP contribution in [0.5, 0.6) is 5.75 Å². The molecule has 2 aliphatic rings. The van der Waals surface area contributed by atoms with Gasteiger partial charge in [0.25, 0.3) is 5.91 Å². The number of benzene rings is 1. The van der Waals surface area contributed by atoms with Crippen LogP contribution in [0.15, 0.2) is 41.4 Å². The summed E-state index contributed by atoms with van der Waals surface area (Å²) in [4.78, 5) is 13.1. The quantitative estimate of drug-likeness (QED) is 0.850. The minimum absolute atomic E-state index is 0.158. The molecule has 0 aliphatic carbocycles. The summed E-state index contributed by atoms with van der Waals surface area (Å²) in [6, 6.07) is 8.96. The number of hydrogen-bond donors (Lipinski definition) is 1. The van der Waals surface area contributed by atoms with E-state index in [1.807, 2.05) is 24.3 Å². The van der Waals surface area contributed by atoms with Crippen LogP contribution in [0.3, 0.4) is 0 Å². The second-order valence-corrected chi connectivity index (χ2v) is 9.28. The summed E-state index contributed by atoms with van der Waals surface area (Å²) < 4.78 is 34.5. The number of fused-ring (bicyclic) bond motifs is 1. The monoisotopic (exact) mass is 403 g/mol. The van der Waals surface area contributed by atoms with Crippen molar-refractivity contribution < 1.29 is 17.9 Å². The van der Waals surface area contributed by atoms with E-state index in [0.717, 1.165) is 30.6 Å². The zero-order valence-electron chi connectivity index (χ0n) is 15.9. The normalized spacial score (nSPS) is 20.2. The fourth-order valence-corrected chi connectivity index (χ4v) is 5.47. The molecule has 1 unspecified atom stereocenters. The number of ether oxygens (including phenoxy) is 1. The van der Waals surface area contributed by atoms with E-state index in [-0.39, 0.29) is 16.8 Å². The zero-order valence-corrected chi connectivity index (χ0v) is 16.7. The van der Waals surface area contributed by atoms with Crippen LogP contribution in [-0.2, 0) is 17.1 Å². The number of hydrogen-bond acceptors (Lipinski definition) is 4. The molecule has 1 N–H and O–H groups in total. The summed E-state index contributed by atoms with van der Waals surface area (Å²) in [6.07, 6.45) is 5.01. The highest BCUT2D eigenvalue weighted by Gasteiger charge is 2.29. The van der Waals surface area contributed by atoms with Gasteiger partial charge in [-0.05, 0) is 25.0 Å². The zero-order chi connectivity index (χ0) is 19.7. The van der Waals surface area contributed by atoms with Crippen molar-refractivity contribution in [2.75, 3.05) is 19.7 Å². The highest BCUT2D eigenvalue weighted by Crippen LogP contribution is 2.32. The van der Waals surface area contributed by atoms with Crippen LogP contribution < -0.4 is 10.1 Å². The van der Waals surface area contributed by atoms with Crippen molar-refractivity contribution in [3.8, 4) is 5.75 Å². The van der Waals surface area contributed by atoms with Gasteiger partial charge in [-0.15, -0.1) is 0 Å². The molecule has 1 saturated heterocycles. The van der Waals surface area contributed by atoms with Crippen LogP contribution >= 0.6 is 0 Å². The molecule has 2 aliphatic heterocycles. The number of carbonyl (C=O) groups is 1. The first-order valence-electron chi connectivity index (χ1n) is 9.66.